The third-order valence-electron chi connectivity index (χ3n) is 12.2. The molecule has 0 bridgehead atoms. The lowest BCUT2D eigenvalue weighted by Gasteiger charge is -2.14. The molecule has 3 heterocycles. The number of rotatable bonds is 7. The molecule has 12 rings (SSSR count). The second-order valence-corrected chi connectivity index (χ2v) is 16.0. The number of fused-ring (bicyclic) bond motifs is 7. The molecule has 3 aromatic heterocycles. The van der Waals surface area contributed by atoms with Gasteiger partial charge in [-0.2, -0.15) is 0 Å². The van der Waals surface area contributed by atoms with Gasteiger partial charge in [-0.1, -0.05) is 188 Å². The van der Waals surface area contributed by atoms with E-state index < -0.39 is 0 Å². The Bertz CT molecular complexity index is 3580. The van der Waals surface area contributed by atoms with Crippen molar-refractivity contribution in [2.24, 2.45) is 0 Å². The zero-order chi connectivity index (χ0) is 41.7. The highest BCUT2D eigenvalue weighted by atomic mass is 15.0. The summed E-state index contributed by atoms with van der Waals surface area (Å²) in [6.07, 6.45) is 2.07. The van der Waals surface area contributed by atoms with E-state index in [0.717, 1.165) is 77.8 Å². The molecule has 0 saturated heterocycles. The highest BCUT2D eigenvalue weighted by Gasteiger charge is 2.22. The fourth-order valence-electron chi connectivity index (χ4n) is 9.29. The van der Waals surface area contributed by atoms with Crippen LogP contribution < -0.4 is 0 Å². The Kier molecular flexibility index (Phi) is 8.79. The van der Waals surface area contributed by atoms with Gasteiger partial charge in [-0.25, -0.2) is 9.97 Å². The van der Waals surface area contributed by atoms with Gasteiger partial charge in [0.25, 0.3) is 0 Å². The van der Waals surface area contributed by atoms with Crippen molar-refractivity contribution in [2.45, 2.75) is 0 Å². The highest BCUT2D eigenvalue weighted by Crippen LogP contribution is 2.46. The monoisotopic (exact) mass is 802 g/mol. The Balaban J connectivity index is 1.03. The standard InChI is InChI=1S/C59H38N4/c1-5-17-40(18-6-1)50-36-55-57(56-48-27-13-14-30-52(48)60-38-51(50)56)49-29-16-28-47(58(49)63(55)46-25-11-4-12-26-46)45-24-15-23-44(35-45)39-31-33-42(34-32-39)54-37-53(41-19-7-2-8-20-41)61-59(62-54)43-21-9-3-10-22-43/h1-38H. The highest BCUT2D eigenvalue weighted by molar-refractivity contribution is 6.31. The molecule has 0 atom stereocenters. The maximum Gasteiger partial charge on any atom is 0.160 e. The Labute approximate surface area is 365 Å². The predicted octanol–water partition coefficient (Wildman–Crippen LogP) is 15.3. The first-order chi connectivity index (χ1) is 31.2. The van der Waals surface area contributed by atoms with Crippen LogP contribution in [0.25, 0.3) is 116 Å². The van der Waals surface area contributed by atoms with Crippen molar-refractivity contribution in [3.8, 4) is 73.0 Å². The minimum absolute atomic E-state index is 0.708. The summed E-state index contributed by atoms with van der Waals surface area (Å²) in [6.45, 7) is 0. The van der Waals surface area contributed by atoms with E-state index in [1.807, 2.05) is 36.4 Å². The van der Waals surface area contributed by atoms with E-state index in [1.54, 1.807) is 0 Å². The number of nitrogens with zero attached hydrogens (tertiary/aromatic N) is 4. The maximum absolute atomic E-state index is 5.08. The first-order valence-electron chi connectivity index (χ1n) is 21.3. The molecule has 0 aliphatic heterocycles. The van der Waals surface area contributed by atoms with E-state index in [2.05, 4.69) is 199 Å². The van der Waals surface area contributed by atoms with Crippen LogP contribution in [0.15, 0.2) is 231 Å². The van der Waals surface area contributed by atoms with Crippen LogP contribution in [-0.2, 0) is 0 Å². The van der Waals surface area contributed by atoms with Crippen LogP contribution in [0.5, 0.6) is 0 Å². The summed E-state index contributed by atoms with van der Waals surface area (Å²) in [4.78, 5) is 15.1. The van der Waals surface area contributed by atoms with Crippen molar-refractivity contribution in [2.75, 3.05) is 0 Å². The number of benzene rings is 9. The molecule has 4 heteroatoms. The molecule has 12 aromatic rings. The van der Waals surface area contributed by atoms with Crippen molar-refractivity contribution in [1.82, 2.24) is 19.5 Å². The second kappa shape index (κ2) is 15.2. The van der Waals surface area contributed by atoms with E-state index >= 15 is 0 Å². The topological polar surface area (TPSA) is 43.6 Å². The van der Waals surface area contributed by atoms with Crippen LogP contribution in [0.4, 0.5) is 0 Å². The molecule has 0 amide bonds. The lowest BCUT2D eigenvalue weighted by atomic mass is 9.93. The Morgan fingerprint density at radius 2 is 0.889 bits per heavy atom. The maximum atomic E-state index is 5.08. The number of pyridine rings is 1. The number of aromatic nitrogens is 4. The molecule has 0 spiro atoms. The van der Waals surface area contributed by atoms with Gasteiger partial charge in [-0.3, -0.25) is 4.98 Å². The van der Waals surface area contributed by atoms with Crippen molar-refractivity contribution >= 4 is 43.5 Å². The minimum atomic E-state index is 0.708. The lowest BCUT2D eigenvalue weighted by Crippen LogP contribution is -1.96. The smallest absolute Gasteiger partial charge is 0.160 e. The predicted molar refractivity (Wildman–Crippen MR) is 262 cm³/mol. The van der Waals surface area contributed by atoms with Gasteiger partial charge in [-0.05, 0) is 64.2 Å². The Hall–Kier alpha value is -8.47. The molecule has 0 unspecified atom stereocenters. The fourth-order valence-corrected chi connectivity index (χ4v) is 9.29. The van der Waals surface area contributed by atoms with E-state index in [0.29, 0.717) is 5.82 Å². The molecular formula is C59H38N4. The summed E-state index contributed by atoms with van der Waals surface area (Å²) in [5, 5.41) is 5.95. The lowest BCUT2D eigenvalue weighted by molar-refractivity contribution is 1.18. The zero-order valence-electron chi connectivity index (χ0n) is 34.2. The summed E-state index contributed by atoms with van der Waals surface area (Å²) in [5.74, 6) is 0.708. The molecular weight excluding hydrogens is 765 g/mol. The van der Waals surface area contributed by atoms with E-state index in [9.17, 15) is 0 Å². The largest absolute Gasteiger partial charge is 0.309 e. The van der Waals surface area contributed by atoms with Crippen LogP contribution in [0.2, 0.25) is 0 Å². The normalized spacial score (nSPS) is 11.5. The molecule has 0 radical (unpaired) electrons. The summed E-state index contributed by atoms with van der Waals surface area (Å²) in [6, 6.07) is 79.5. The molecule has 0 N–H and O–H groups in total. The van der Waals surface area contributed by atoms with Crippen LogP contribution >= 0.6 is 0 Å². The molecule has 4 nitrogen and oxygen atoms in total. The Morgan fingerprint density at radius 1 is 0.333 bits per heavy atom. The van der Waals surface area contributed by atoms with Crippen LogP contribution in [-0.4, -0.2) is 19.5 Å². The van der Waals surface area contributed by atoms with Gasteiger partial charge in [0.15, 0.2) is 5.82 Å². The third kappa shape index (κ3) is 6.36. The molecule has 0 aliphatic rings. The molecule has 0 aliphatic carbocycles. The van der Waals surface area contributed by atoms with Crippen molar-refractivity contribution in [3.05, 3.63) is 231 Å². The Morgan fingerprint density at radius 3 is 1.62 bits per heavy atom. The number of hydrogen-bond acceptors (Lipinski definition) is 3. The number of para-hydroxylation sites is 3. The van der Waals surface area contributed by atoms with E-state index in [4.69, 9.17) is 15.0 Å². The van der Waals surface area contributed by atoms with E-state index in [-0.39, 0.29) is 0 Å². The molecule has 0 fully saturated rings. The third-order valence-corrected chi connectivity index (χ3v) is 12.2. The van der Waals surface area contributed by atoms with Gasteiger partial charge < -0.3 is 4.57 Å². The second-order valence-electron chi connectivity index (χ2n) is 16.0. The summed E-state index contributed by atoms with van der Waals surface area (Å²) in [5.41, 5.74) is 16.2. The fraction of sp³-hybridized carbons (Fsp3) is 0. The van der Waals surface area contributed by atoms with Gasteiger partial charge in [0.05, 0.1) is 27.9 Å². The van der Waals surface area contributed by atoms with Gasteiger partial charge in [0, 0.05) is 61.1 Å². The average molecular weight is 803 g/mol. The summed E-state index contributed by atoms with van der Waals surface area (Å²) >= 11 is 0. The summed E-state index contributed by atoms with van der Waals surface area (Å²) in [7, 11) is 0. The molecule has 9 aromatic carbocycles. The van der Waals surface area contributed by atoms with Gasteiger partial charge in [0.1, 0.15) is 0 Å². The molecule has 63 heavy (non-hydrogen) atoms. The number of hydrogen-bond donors (Lipinski definition) is 0. The SMILES string of the molecule is c1ccc(-c2cc(-c3ccc(-c4cccc(-c5cccc6c7c8c(cnc9ccccc98)c(-c8ccccc8)cc7n(-c7ccccc7)c56)c4)cc3)nc(-c3ccccc3)n2)cc1. The van der Waals surface area contributed by atoms with Crippen molar-refractivity contribution in [1.29, 1.82) is 0 Å². The first-order valence-corrected chi connectivity index (χ1v) is 21.3. The van der Waals surface area contributed by atoms with Crippen LogP contribution in [0, 0.1) is 0 Å². The average Bonchev–Trinajstić information content (AvgIpc) is 3.71. The van der Waals surface area contributed by atoms with E-state index in [1.165, 1.54) is 32.8 Å². The first kappa shape index (κ1) is 36.4. The van der Waals surface area contributed by atoms with Gasteiger partial charge in [0.2, 0.25) is 0 Å². The van der Waals surface area contributed by atoms with Crippen LogP contribution in [0.1, 0.15) is 0 Å². The molecule has 0 saturated carbocycles. The minimum Gasteiger partial charge on any atom is -0.309 e. The summed E-state index contributed by atoms with van der Waals surface area (Å²) < 4.78 is 2.47. The van der Waals surface area contributed by atoms with Gasteiger partial charge in [-0.15, -0.1) is 0 Å². The zero-order valence-corrected chi connectivity index (χ0v) is 34.2. The quantitative estimate of drug-likeness (QED) is 0.151. The molecule has 294 valence electrons. The van der Waals surface area contributed by atoms with Crippen molar-refractivity contribution < 1.29 is 0 Å². The van der Waals surface area contributed by atoms with Gasteiger partial charge >= 0.3 is 0 Å². The van der Waals surface area contributed by atoms with Crippen LogP contribution in [0.3, 0.4) is 0 Å². The van der Waals surface area contributed by atoms with Crippen molar-refractivity contribution in [3.63, 3.8) is 0 Å².